The van der Waals surface area contributed by atoms with Gasteiger partial charge < -0.3 is 4.90 Å². The number of rotatable bonds is 6. The third-order valence-corrected chi connectivity index (χ3v) is 6.52. The van der Waals surface area contributed by atoms with Crippen LogP contribution in [0.1, 0.15) is 29.2 Å². The molecule has 142 valence electrons. The Morgan fingerprint density at radius 2 is 1.93 bits per heavy atom. The highest BCUT2D eigenvalue weighted by Gasteiger charge is 2.19. The zero-order valence-corrected chi connectivity index (χ0v) is 17.0. The van der Waals surface area contributed by atoms with E-state index < -0.39 is 10.0 Å². The second-order valence-electron chi connectivity index (χ2n) is 6.54. The molecule has 0 bridgehead atoms. The van der Waals surface area contributed by atoms with Gasteiger partial charge in [0.25, 0.3) is 5.91 Å². The van der Waals surface area contributed by atoms with Crippen molar-refractivity contribution in [1.29, 1.82) is 0 Å². The molecule has 1 aromatic heterocycles. The van der Waals surface area contributed by atoms with Crippen LogP contribution in [0.15, 0.2) is 53.4 Å². The molecule has 0 aliphatic carbocycles. The number of nitrogens with one attached hydrogen (secondary N) is 1. The zero-order chi connectivity index (χ0) is 19.6. The van der Waals surface area contributed by atoms with E-state index in [0.29, 0.717) is 12.1 Å². The molecule has 0 aliphatic rings. The first-order chi connectivity index (χ1) is 12.8. The molecule has 3 aromatic rings. The Morgan fingerprint density at radius 1 is 1.19 bits per heavy atom. The fraction of sp³-hybridized carbons (Fsp3) is 0.263. The molecule has 2 aromatic carbocycles. The molecule has 27 heavy (non-hydrogen) atoms. The molecule has 0 radical (unpaired) electrons. The lowest BCUT2D eigenvalue weighted by Gasteiger charge is -2.16. The number of hydrogen-bond donors (Lipinski definition) is 1. The van der Waals surface area contributed by atoms with Gasteiger partial charge in [0, 0.05) is 18.7 Å². The lowest BCUT2D eigenvalue weighted by atomic mass is 10.2. The zero-order valence-electron chi connectivity index (χ0n) is 15.3. The van der Waals surface area contributed by atoms with Crippen LogP contribution in [0.3, 0.4) is 0 Å². The van der Waals surface area contributed by atoms with Gasteiger partial charge in [-0.05, 0) is 44.2 Å². The molecular weight excluding hydrogens is 382 g/mol. The maximum atomic E-state index is 12.8. The molecule has 1 amide bonds. The standard InChI is InChI=1S/C19H21N3O3S2/c1-13(2)21-27(24,25)15-8-6-7-14(11-15)19(23)22(3)12-18-20-16-9-4-5-10-17(16)26-18/h4-11,13,21H,12H2,1-3H3. The summed E-state index contributed by atoms with van der Waals surface area (Å²) in [5.41, 5.74) is 1.23. The highest BCUT2D eigenvalue weighted by molar-refractivity contribution is 7.89. The van der Waals surface area contributed by atoms with Gasteiger partial charge in [-0.2, -0.15) is 0 Å². The Morgan fingerprint density at radius 3 is 2.63 bits per heavy atom. The van der Waals surface area contributed by atoms with E-state index in [1.165, 1.54) is 12.1 Å². The Balaban J connectivity index is 1.79. The maximum Gasteiger partial charge on any atom is 0.254 e. The van der Waals surface area contributed by atoms with Crippen molar-refractivity contribution in [2.45, 2.75) is 31.3 Å². The van der Waals surface area contributed by atoms with Gasteiger partial charge in [-0.3, -0.25) is 4.79 Å². The van der Waals surface area contributed by atoms with Crippen LogP contribution in [-0.2, 0) is 16.6 Å². The SMILES string of the molecule is CC(C)NS(=O)(=O)c1cccc(C(=O)N(C)Cc2nc3ccccc3s2)c1. The van der Waals surface area contributed by atoms with Gasteiger partial charge in [0.05, 0.1) is 21.7 Å². The Hall–Kier alpha value is -2.29. The first-order valence-electron chi connectivity index (χ1n) is 8.48. The van der Waals surface area contributed by atoms with Gasteiger partial charge >= 0.3 is 0 Å². The van der Waals surface area contributed by atoms with Crippen LogP contribution in [0.4, 0.5) is 0 Å². The number of nitrogens with zero attached hydrogens (tertiary/aromatic N) is 2. The number of benzene rings is 2. The molecule has 3 rings (SSSR count). The molecule has 0 unspecified atom stereocenters. The van der Waals surface area contributed by atoms with Crippen LogP contribution in [0.25, 0.3) is 10.2 Å². The number of fused-ring (bicyclic) bond motifs is 1. The van der Waals surface area contributed by atoms with Gasteiger partial charge in [0.15, 0.2) is 0 Å². The van der Waals surface area contributed by atoms with E-state index in [1.807, 2.05) is 24.3 Å². The van der Waals surface area contributed by atoms with Crippen molar-refractivity contribution < 1.29 is 13.2 Å². The van der Waals surface area contributed by atoms with E-state index in [2.05, 4.69) is 9.71 Å². The Bertz CT molecular complexity index is 1040. The summed E-state index contributed by atoms with van der Waals surface area (Å²) in [4.78, 5) is 18.9. The Kier molecular flexibility index (Phi) is 5.59. The highest BCUT2D eigenvalue weighted by Crippen LogP contribution is 2.23. The van der Waals surface area contributed by atoms with Gasteiger partial charge in [0.1, 0.15) is 5.01 Å². The van der Waals surface area contributed by atoms with Crippen LogP contribution in [0, 0.1) is 0 Å². The fourth-order valence-corrected chi connectivity index (χ4v) is 4.97. The number of aromatic nitrogens is 1. The van der Waals surface area contributed by atoms with Crippen molar-refractivity contribution in [1.82, 2.24) is 14.6 Å². The normalized spacial score (nSPS) is 11.9. The molecule has 0 saturated carbocycles. The minimum absolute atomic E-state index is 0.0791. The summed E-state index contributed by atoms with van der Waals surface area (Å²) in [5, 5.41) is 0.831. The van der Waals surface area contributed by atoms with E-state index in [-0.39, 0.29) is 16.8 Å². The second-order valence-corrected chi connectivity index (χ2v) is 9.37. The van der Waals surface area contributed by atoms with Crippen molar-refractivity contribution in [2.24, 2.45) is 0 Å². The lowest BCUT2D eigenvalue weighted by Crippen LogP contribution is -2.31. The summed E-state index contributed by atoms with van der Waals surface area (Å²) >= 11 is 1.54. The molecule has 0 fully saturated rings. The molecule has 6 nitrogen and oxygen atoms in total. The predicted octanol–water partition coefficient (Wildman–Crippen LogP) is 3.26. The summed E-state index contributed by atoms with van der Waals surface area (Å²) in [6, 6.07) is 13.7. The highest BCUT2D eigenvalue weighted by atomic mass is 32.2. The average Bonchev–Trinajstić information content (AvgIpc) is 3.02. The van der Waals surface area contributed by atoms with E-state index >= 15 is 0 Å². The second kappa shape index (κ2) is 7.75. The van der Waals surface area contributed by atoms with E-state index in [9.17, 15) is 13.2 Å². The number of sulfonamides is 1. The van der Waals surface area contributed by atoms with Gasteiger partial charge in [-0.15, -0.1) is 11.3 Å². The van der Waals surface area contributed by atoms with Crippen LogP contribution in [0.2, 0.25) is 0 Å². The average molecular weight is 404 g/mol. The summed E-state index contributed by atoms with van der Waals surface area (Å²) in [5.74, 6) is -0.254. The molecule has 0 atom stereocenters. The summed E-state index contributed by atoms with van der Waals surface area (Å²) in [6.07, 6.45) is 0. The van der Waals surface area contributed by atoms with Crippen molar-refractivity contribution in [3.63, 3.8) is 0 Å². The lowest BCUT2D eigenvalue weighted by molar-refractivity contribution is 0.0785. The van der Waals surface area contributed by atoms with Crippen LogP contribution < -0.4 is 4.72 Å². The maximum absolute atomic E-state index is 12.8. The topological polar surface area (TPSA) is 79.4 Å². The molecule has 8 heteroatoms. The van der Waals surface area contributed by atoms with Gasteiger partial charge in [-0.1, -0.05) is 18.2 Å². The molecule has 0 spiro atoms. The van der Waals surface area contributed by atoms with E-state index in [1.54, 1.807) is 49.3 Å². The number of hydrogen-bond acceptors (Lipinski definition) is 5. The van der Waals surface area contributed by atoms with Crippen molar-refractivity contribution >= 4 is 37.5 Å². The van der Waals surface area contributed by atoms with E-state index in [0.717, 1.165) is 15.2 Å². The van der Waals surface area contributed by atoms with Crippen LogP contribution in [0.5, 0.6) is 0 Å². The largest absolute Gasteiger partial charge is 0.335 e. The minimum Gasteiger partial charge on any atom is -0.335 e. The minimum atomic E-state index is -3.65. The molecule has 1 N–H and O–H groups in total. The Labute approximate surface area is 162 Å². The van der Waals surface area contributed by atoms with Gasteiger partial charge in [-0.25, -0.2) is 18.1 Å². The number of para-hydroxylation sites is 1. The third-order valence-electron chi connectivity index (χ3n) is 3.84. The van der Waals surface area contributed by atoms with Crippen LogP contribution >= 0.6 is 11.3 Å². The number of carbonyl (C=O) groups excluding carboxylic acids is 1. The van der Waals surface area contributed by atoms with Crippen LogP contribution in [-0.4, -0.2) is 37.3 Å². The molecule has 0 saturated heterocycles. The van der Waals surface area contributed by atoms with E-state index in [4.69, 9.17) is 0 Å². The summed E-state index contributed by atoms with van der Waals surface area (Å²) in [6.45, 7) is 3.86. The predicted molar refractivity (Wildman–Crippen MR) is 107 cm³/mol. The third kappa shape index (κ3) is 4.52. The van der Waals surface area contributed by atoms with Gasteiger partial charge in [0.2, 0.25) is 10.0 Å². The smallest absolute Gasteiger partial charge is 0.254 e. The summed E-state index contributed by atoms with van der Waals surface area (Å²) < 4.78 is 28.3. The summed E-state index contributed by atoms with van der Waals surface area (Å²) in [7, 11) is -1.97. The number of carbonyl (C=O) groups is 1. The number of amides is 1. The van der Waals surface area contributed by atoms with Crippen molar-refractivity contribution in [3.05, 3.63) is 59.1 Å². The monoisotopic (exact) mass is 403 g/mol. The molecular formula is C19H21N3O3S2. The fourth-order valence-electron chi connectivity index (χ4n) is 2.66. The number of thiazole rings is 1. The first-order valence-corrected chi connectivity index (χ1v) is 10.8. The van der Waals surface area contributed by atoms with Crippen molar-refractivity contribution in [2.75, 3.05) is 7.05 Å². The first kappa shape index (κ1) is 19.5. The molecule has 1 heterocycles. The quantitative estimate of drug-likeness (QED) is 0.685. The molecule has 0 aliphatic heterocycles. The van der Waals surface area contributed by atoms with Crippen molar-refractivity contribution in [3.8, 4) is 0 Å².